The molecule has 3 aromatic carbocycles. The van der Waals surface area contributed by atoms with Gasteiger partial charge in [-0.15, -0.1) is 0 Å². The Morgan fingerprint density at radius 3 is 2.38 bits per heavy atom. The first-order valence-corrected chi connectivity index (χ1v) is 10.6. The molecule has 29 heavy (non-hydrogen) atoms. The maximum Gasteiger partial charge on any atom is 0.235 e. The van der Waals surface area contributed by atoms with Gasteiger partial charge >= 0.3 is 0 Å². The van der Waals surface area contributed by atoms with Gasteiger partial charge in [-0.05, 0) is 42.7 Å². The number of fused-ring (bicyclic) bond motifs is 1. The second-order valence-electron chi connectivity index (χ2n) is 7.58. The Kier molecular flexibility index (Phi) is 5.71. The van der Waals surface area contributed by atoms with Crippen LogP contribution in [0.4, 0.5) is 5.69 Å². The summed E-state index contributed by atoms with van der Waals surface area (Å²) >= 11 is 12.7. The van der Waals surface area contributed by atoms with Crippen molar-refractivity contribution in [2.45, 2.75) is 37.5 Å². The third-order valence-electron chi connectivity index (χ3n) is 5.94. The highest BCUT2D eigenvalue weighted by Gasteiger charge is 2.42. The minimum atomic E-state index is -0.652. The first kappa shape index (κ1) is 20.1. The fraction of sp³-hybridized carbons (Fsp3) is 0.292. The second-order valence-corrected chi connectivity index (χ2v) is 8.43. The van der Waals surface area contributed by atoms with Crippen molar-refractivity contribution < 1.29 is 9.53 Å². The molecule has 0 bridgehead atoms. The Bertz CT molecular complexity index is 1060. The van der Waals surface area contributed by atoms with Gasteiger partial charge in [0, 0.05) is 26.5 Å². The molecular formula is C24H23Cl2NO2. The monoisotopic (exact) mass is 427 g/mol. The molecule has 0 heterocycles. The van der Waals surface area contributed by atoms with Gasteiger partial charge in [0.2, 0.25) is 5.91 Å². The van der Waals surface area contributed by atoms with Gasteiger partial charge in [-0.2, -0.15) is 0 Å². The van der Waals surface area contributed by atoms with E-state index in [1.807, 2.05) is 48.5 Å². The molecule has 150 valence electrons. The van der Waals surface area contributed by atoms with Gasteiger partial charge in [-0.25, -0.2) is 0 Å². The Morgan fingerprint density at radius 2 is 1.69 bits per heavy atom. The molecule has 3 aromatic rings. The topological polar surface area (TPSA) is 38.3 Å². The summed E-state index contributed by atoms with van der Waals surface area (Å²) < 4.78 is 5.48. The Labute approximate surface area is 181 Å². The molecule has 1 saturated carbocycles. The van der Waals surface area contributed by atoms with Gasteiger partial charge in [-0.1, -0.05) is 72.8 Å². The summed E-state index contributed by atoms with van der Waals surface area (Å²) in [6, 6.07) is 17.2. The van der Waals surface area contributed by atoms with Gasteiger partial charge in [0.25, 0.3) is 0 Å². The number of ether oxygens (including phenoxy) is 1. The number of carbonyl (C=O) groups excluding carboxylic acids is 1. The van der Waals surface area contributed by atoms with Gasteiger partial charge in [-0.3, -0.25) is 4.79 Å². The summed E-state index contributed by atoms with van der Waals surface area (Å²) in [5, 5.41) is 6.25. The molecule has 0 aliphatic heterocycles. The fourth-order valence-corrected chi connectivity index (χ4v) is 5.04. The number of rotatable bonds is 4. The number of carbonyl (C=O) groups is 1. The maximum atomic E-state index is 13.7. The van der Waals surface area contributed by atoms with Crippen molar-refractivity contribution in [1.29, 1.82) is 0 Å². The van der Waals surface area contributed by atoms with Crippen molar-refractivity contribution in [2.75, 3.05) is 12.4 Å². The molecule has 0 radical (unpaired) electrons. The highest BCUT2D eigenvalue weighted by Crippen LogP contribution is 2.44. The summed E-state index contributed by atoms with van der Waals surface area (Å²) in [6.07, 6.45) is 4.67. The molecule has 1 fully saturated rings. The average molecular weight is 428 g/mol. The number of nitrogens with one attached hydrogen (secondary N) is 1. The Hall–Kier alpha value is -2.23. The quantitative estimate of drug-likeness (QED) is 0.486. The van der Waals surface area contributed by atoms with Crippen LogP contribution in [0.15, 0.2) is 54.6 Å². The number of hydrogen-bond acceptors (Lipinski definition) is 2. The minimum Gasteiger partial charge on any atom is -0.496 e. The largest absolute Gasteiger partial charge is 0.496 e. The SMILES string of the molecule is COc1ccc(NC(=O)C2(c3ccc(Cl)cc3Cl)CCCCC2)c2ccccc12. The van der Waals surface area contributed by atoms with Crippen molar-refractivity contribution in [2.24, 2.45) is 0 Å². The van der Waals surface area contributed by atoms with Crippen LogP contribution in [0.3, 0.4) is 0 Å². The maximum absolute atomic E-state index is 13.7. The molecule has 1 aliphatic rings. The van der Waals surface area contributed by atoms with E-state index >= 15 is 0 Å². The lowest BCUT2D eigenvalue weighted by Gasteiger charge is -2.37. The summed E-state index contributed by atoms with van der Waals surface area (Å²) in [5.41, 5.74) is 0.987. The molecule has 0 atom stereocenters. The van der Waals surface area contributed by atoms with Crippen LogP contribution in [-0.2, 0) is 10.2 Å². The van der Waals surface area contributed by atoms with E-state index in [4.69, 9.17) is 27.9 Å². The van der Waals surface area contributed by atoms with E-state index in [1.54, 1.807) is 13.2 Å². The Morgan fingerprint density at radius 1 is 0.966 bits per heavy atom. The molecule has 4 rings (SSSR count). The van der Waals surface area contributed by atoms with E-state index in [0.717, 1.165) is 59.9 Å². The van der Waals surface area contributed by atoms with Crippen molar-refractivity contribution in [3.8, 4) is 5.75 Å². The molecule has 0 saturated heterocycles. The van der Waals surface area contributed by atoms with Crippen LogP contribution in [0.5, 0.6) is 5.75 Å². The lowest BCUT2D eigenvalue weighted by atomic mass is 9.68. The van der Waals surface area contributed by atoms with E-state index in [9.17, 15) is 4.79 Å². The zero-order chi connectivity index (χ0) is 20.4. The number of anilines is 1. The molecule has 1 amide bonds. The first-order valence-electron chi connectivity index (χ1n) is 9.88. The minimum absolute atomic E-state index is 0.0169. The average Bonchev–Trinajstić information content (AvgIpc) is 2.74. The number of hydrogen-bond donors (Lipinski definition) is 1. The molecule has 3 nitrogen and oxygen atoms in total. The van der Waals surface area contributed by atoms with E-state index in [1.165, 1.54) is 0 Å². The lowest BCUT2D eigenvalue weighted by molar-refractivity contribution is -0.122. The van der Waals surface area contributed by atoms with Crippen LogP contribution < -0.4 is 10.1 Å². The highest BCUT2D eigenvalue weighted by molar-refractivity contribution is 6.35. The molecule has 5 heteroatoms. The summed E-state index contributed by atoms with van der Waals surface area (Å²) in [6.45, 7) is 0. The smallest absolute Gasteiger partial charge is 0.235 e. The summed E-state index contributed by atoms with van der Waals surface area (Å²) in [7, 11) is 1.65. The molecular weight excluding hydrogens is 405 g/mol. The fourth-order valence-electron chi connectivity index (χ4n) is 4.45. The standard InChI is InChI=1S/C24H23Cl2NO2/c1-29-22-12-11-21(17-7-3-4-8-18(17)22)27-23(28)24(13-5-2-6-14-24)19-10-9-16(25)15-20(19)26/h3-4,7-12,15H,2,5-6,13-14H2,1H3,(H,27,28). The predicted molar refractivity (Wildman–Crippen MR) is 120 cm³/mol. The van der Waals surface area contributed by atoms with Crippen molar-refractivity contribution in [3.05, 3.63) is 70.2 Å². The van der Waals surface area contributed by atoms with Gasteiger partial charge < -0.3 is 10.1 Å². The molecule has 0 spiro atoms. The lowest BCUT2D eigenvalue weighted by Crippen LogP contribution is -2.42. The van der Waals surface area contributed by atoms with Crippen molar-refractivity contribution in [1.82, 2.24) is 0 Å². The summed E-state index contributed by atoms with van der Waals surface area (Å²) in [4.78, 5) is 13.7. The van der Waals surface area contributed by atoms with Crippen LogP contribution in [0.1, 0.15) is 37.7 Å². The van der Waals surface area contributed by atoms with Crippen LogP contribution >= 0.6 is 23.2 Å². The Balaban J connectivity index is 1.76. The van der Waals surface area contributed by atoms with Crippen molar-refractivity contribution >= 4 is 45.6 Å². The predicted octanol–water partition coefficient (Wildman–Crippen LogP) is 7.00. The van der Waals surface area contributed by atoms with E-state index < -0.39 is 5.41 Å². The molecule has 1 N–H and O–H groups in total. The highest BCUT2D eigenvalue weighted by atomic mass is 35.5. The number of amides is 1. The van der Waals surface area contributed by atoms with E-state index in [-0.39, 0.29) is 5.91 Å². The second kappa shape index (κ2) is 8.25. The number of halogens is 2. The zero-order valence-corrected chi connectivity index (χ0v) is 17.8. The summed E-state index contributed by atoms with van der Waals surface area (Å²) in [5.74, 6) is 0.767. The third kappa shape index (κ3) is 3.70. The normalized spacial score (nSPS) is 15.8. The van der Waals surface area contributed by atoms with Crippen molar-refractivity contribution in [3.63, 3.8) is 0 Å². The zero-order valence-electron chi connectivity index (χ0n) is 16.3. The van der Waals surface area contributed by atoms with Gasteiger partial charge in [0.15, 0.2) is 0 Å². The van der Waals surface area contributed by atoms with Crippen LogP contribution in [-0.4, -0.2) is 13.0 Å². The number of methoxy groups -OCH3 is 1. The van der Waals surface area contributed by atoms with Crippen LogP contribution in [0.25, 0.3) is 10.8 Å². The van der Waals surface area contributed by atoms with Gasteiger partial charge in [0.1, 0.15) is 5.75 Å². The molecule has 0 aromatic heterocycles. The number of benzene rings is 3. The van der Waals surface area contributed by atoms with Gasteiger partial charge in [0.05, 0.1) is 12.5 Å². The molecule has 0 unspecified atom stereocenters. The molecule has 1 aliphatic carbocycles. The third-order valence-corrected chi connectivity index (χ3v) is 6.49. The van der Waals surface area contributed by atoms with E-state index in [0.29, 0.717) is 10.0 Å². The van der Waals surface area contributed by atoms with E-state index in [2.05, 4.69) is 5.32 Å². The van der Waals surface area contributed by atoms with Crippen LogP contribution in [0, 0.1) is 0 Å². The van der Waals surface area contributed by atoms with Crippen LogP contribution in [0.2, 0.25) is 10.0 Å². The first-order chi connectivity index (χ1) is 14.0.